The van der Waals surface area contributed by atoms with Crippen molar-refractivity contribution in [3.63, 3.8) is 0 Å². The van der Waals surface area contributed by atoms with Crippen LogP contribution in [-0.2, 0) is 0 Å². The molecule has 0 N–H and O–H groups in total. The molecule has 4 aliphatic rings. The molecule has 2 nitrogen and oxygen atoms in total. The zero-order valence-electron chi connectivity index (χ0n) is 35.3. The third kappa shape index (κ3) is 8.55. The van der Waals surface area contributed by atoms with Crippen molar-refractivity contribution in [1.29, 1.82) is 0 Å². The minimum Gasteiger partial charge on any atom is -0.334 e. The third-order valence-electron chi connectivity index (χ3n) is 12.6. The van der Waals surface area contributed by atoms with Crippen LogP contribution in [0.5, 0.6) is 0 Å². The number of benzene rings is 6. The predicted molar refractivity (Wildman–Crippen MR) is 266 cm³/mol. The van der Waals surface area contributed by atoms with Gasteiger partial charge in [-0.1, -0.05) is 164 Å². The Hall–Kier alpha value is -7.16. The summed E-state index contributed by atoms with van der Waals surface area (Å²) in [5, 5.41) is 0. The van der Waals surface area contributed by atoms with Crippen LogP contribution in [0.4, 0.5) is 28.4 Å². The number of anilines is 5. The van der Waals surface area contributed by atoms with Crippen LogP contribution in [0, 0.1) is 0 Å². The zero-order chi connectivity index (χ0) is 41.5. The molecule has 0 heterocycles. The Balaban J connectivity index is 0.921. The maximum atomic E-state index is 2.51. The normalized spacial score (nSPS) is 16.9. The highest BCUT2D eigenvalue weighted by Gasteiger charge is 2.22. The molecule has 4 aliphatic carbocycles. The van der Waals surface area contributed by atoms with Crippen LogP contribution in [0.3, 0.4) is 0 Å². The van der Waals surface area contributed by atoms with Gasteiger partial charge in [-0.2, -0.15) is 0 Å². The topological polar surface area (TPSA) is 6.48 Å². The summed E-state index contributed by atoms with van der Waals surface area (Å²) < 4.78 is 0. The quantitative estimate of drug-likeness (QED) is 0.129. The molecule has 0 saturated heterocycles. The summed E-state index contributed by atoms with van der Waals surface area (Å²) in [5.41, 5.74) is 18.7. The second-order valence-electron chi connectivity index (χ2n) is 16.6. The lowest BCUT2D eigenvalue weighted by molar-refractivity contribution is 0.787. The van der Waals surface area contributed by atoms with Crippen molar-refractivity contribution in [3.8, 4) is 11.1 Å². The number of hydrogen-bond donors (Lipinski definition) is 0. The first-order valence-corrected chi connectivity index (χ1v) is 22.4. The molecule has 1 unspecified atom stereocenters. The Morgan fingerprint density at radius 2 is 0.839 bits per heavy atom. The van der Waals surface area contributed by atoms with Gasteiger partial charge < -0.3 is 9.80 Å². The van der Waals surface area contributed by atoms with Crippen molar-refractivity contribution in [2.75, 3.05) is 9.80 Å². The average Bonchev–Trinajstić information content (AvgIpc) is 3.36. The minimum atomic E-state index is 0.179. The molecule has 10 rings (SSSR count). The van der Waals surface area contributed by atoms with E-state index >= 15 is 0 Å². The summed E-state index contributed by atoms with van der Waals surface area (Å²) in [6, 6.07) is 56.3. The molecule has 6 aromatic rings. The van der Waals surface area contributed by atoms with Gasteiger partial charge in [-0.25, -0.2) is 0 Å². The summed E-state index contributed by atoms with van der Waals surface area (Å²) in [7, 11) is 0. The fourth-order valence-corrected chi connectivity index (χ4v) is 9.22. The van der Waals surface area contributed by atoms with E-state index in [-0.39, 0.29) is 6.04 Å². The Labute approximate surface area is 367 Å². The predicted octanol–water partition coefficient (Wildman–Crippen LogP) is 16.6. The first-order valence-electron chi connectivity index (χ1n) is 22.4. The molecule has 0 spiro atoms. The molecule has 0 aliphatic heterocycles. The Kier molecular flexibility index (Phi) is 11.5. The SMILES string of the molecule is C1=CCCC(c2ccc(N(c3ccc(C4=CCC(N(c5ccc(C6=CCCC=C6)cc5)c5ccc(C6=CC=CCC6)cc5)C=C4)cc3)c3ccc(-c4ccccc4)cc3)cc2)=C1. The van der Waals surface area contributed by atoms with Gasteiger partial charge in [-0.15, -0.1) is 0 Å². The minimum absolute atomic E-state index is 0.179. The number of rotatable bonds is 11. The van der Waals surface area contributed by atoms with Gasteiger partial charge >= 0.3 is 0 Å². The van der Waals surface area contributed by atoms with Crippen molar-refractivity contribution in [2.45, 2.75) is 51.0 Å². The second-order valence-corrected chi connectivity index (χ2v) is 16.6. The van der Waals surface area contributed by atoms with Gasteiger partial charge in [0.25, 0.3) is 0 Å². The van der Waals surface area contributed by atoms with E-state index < -0.39 is 0 Å². The smallest absolute Gasteiger partial charge is 0.0560 e. The first-order chi connectivity index (χ1) is 30.7. The molecule has 62 heavy (non-hydrogen) atoms. The highest BCUT2D eigenvalue weighted by atomic mass is 15.2. The van der Waals surface area contributed by atoms with Gasteiger partial charge in [-0.3, -0.25) is 0 Å². The molecule has 0 radical (unpaired) electrons. The number of nitrogens with zero attached hydrogens (tertiary/aromatic N) is 2. The molecule has 2 heteroatoms. The molecule has 1 atom stereocenters. The van der Waals surface area contributed by atoms with Crippen LogP contribution < -0.4 is 9.80 Å². The highest BCUT2D eigenvalue weighted by Crippen LogP contribution is 2.39. The Morgan fingerprint density at radius 3 is 1.29 bits per heavy atom. The van der Waals surface area contributed by atoms with Gasteiger partial charge in [0.15, 0.2) is 0 Å². The van der Waals surface area contributed by atoms with E-state index in [1.807, 2.05) is 0 Å². The Bertz CT molecular complexity index is 2750. The summed E-state index contributed by atoms with van der Waals surface area (Å²) in [6.45, 7) is 0. The van der Waals surface area contributed by atoms with E-state index in [2.05, 4.69) is 234 Å². The van der Waals surface area contributed by atoms with Crippen LogP contribution in [-0.4, -0.2) is 6.04 Å². The van der Waals surface area contributed by atoms with Gasteiger partial charge in [0.1, 0.15) is 0 Å². The first kappa shape index (κ1) is 39.0. The van der Waals surface area contributed by atoms with Crippen LogP contribution in [0.15, 0.2) is 225 Å². The van der Waals surface area contributed by atoms with E-state index in [4.69, 9.17) is 0 Å². The lowest BCUT2D eigenvalue weighted by atomic mass is 9.94. The van der Waals surface area contributed by atoms with Crippen LogP contribution in [0.25, 0.3) is 33.4 Å². The lowest BCUT2D eigenvalue weighted by Gasteiger charge is -2.33. The van der Waals surface area contributed by atoms with Crippen molar-refractivity contribution in [2.24, 2.45) is 0 Å². The maximum absolute atomic E-state index is 2.51. The van der Waals surface area contributed by atoms with Crippen LogP contribution >= 0.6 is 0 Å². The standard InChI is InChI=1S/C60H52N2/c1-5-13-45(14-6-1)49-21-33-55(34-22-49)61(56-35-23-50(24-36-56)46-15-7-2-8-16-46)59-41-29-53(30-42-59)54-31-43-60(44-32-54)62(57-37-25-51(26-38-57)47-17-9-3-10-18-47)58-39-27-52(28-40-58)48-19-11-4-12-20-48/h1-3,5-7,9,11,13-15,17,19-43,60H,4,8,10,12,16,18,44H2. The van der Waals surface area contributed by atoms with Crippen LogP contribution in [0.2, 0.25) is 0 Å². The second kappa shape index (κ2) is 18.2. The lowest BCUT2D eigenvalue weighted by Crippen LogP contribution is -2.30. The van der Waals surface area contributed by atoms with E-state index in [0.717, 1.165) is 62.0 Å². The molecule has 0 bridgehead atoms. The average molecular weight is 801 g/mol. The van der Waals surface area contributed by atoms with Crippen molar-refractivity contribution in [3.05, 3.63) is 247 Å². The van der Waals surface area contributed by atoms with Gasteiger partial charge in [0, 0.05) is 28.4 Å². The zero-order valence-corrected chi connectivity index (χ0v) is 35.3. The fraction of sp³-hybridized carbons (Fsp3) is 0.133. The molecule has 0 saturated carbocycles. The summed E-state index contributed by atoms with van der Waals surface area (Å²) >= 11 is 0. The van der Waals surface area contributed by atoms with Crippen molar-refractivity contribution < 1.29 is 0 Å². The highest BCUT2D eigenvalue weighted by molar-refractivity contribution is 5.83. The van der Waals surface area contributed by atoms with E-state index in [9.17, 15) is 0 Å². The fourth-order valence-electron chi connectivity index (χ4n) is 9.22. The number of hydrogen-bond acceptors (Lipinski definition) is 2. The molecule has 6 aromatic carbocycles. The molecule has 0 aromatic heterocycles. The van der Waals surface area contributed by atoms with Crippen molar-refractivity contribution >= 4 is 50.7 Å². The summed E-state index contributed by atoms with van der Waals surface area (Å²) in [5.74, 6) is 0. The molecule has 302 valence electrons. The summed E-state index contributed by atoms with van der Waals surface area (Å²) in [4.78, 5) is 4.88. The van der Waals surface area contributed by atoms with E-state index in [0.29, 0.717) is 0 Å². The monoisotopic (exact) mass is 800 g/mol. The van der Waals surface area contributed by atoms with E-state index in [1.54, 1.807) is 0 Å². The maximum Gasteiger partial charge on any atom is 0.0560 e. The third-order valence-corrected chi connectivity index (χ3v) is 12.6. The summed E-state index contributed by atoms with van der Waals surface area (Å²) in [6.07, 6.45) is 34.9. The van der Waals surface area contributed by atoms with E-state index in [1.165, 1.54) is 67.0 Å². The number of allylic oxidation sites excluding steroid dienone is 14. The largest absolute Gasteiger partial charge is 0.334 e. The van der Waals surface area contributed by atoms with Crippen molar-refractivity contribution in [1.82, 2.24) is 0 Å². The van der Waals surface area contributed by atoms with Gasteiger partial charge in [-0.05, 0) is 161 Å². The molecular weight excluding hydrogens is 749 g/mol. The van der Waals surface area contributed by atoms with Gasteiger partial charge in [0.05, 0.1) is 6.04 Å². The Morgan fingerprint density at radius 1 is 0.371 bits per heavy atom. The molecule has 0 amide bonds. The molecular formula is C60H52N2. The van der Waals surface area contributed by atoms with Crippen LogP contribution in [0.1, 0.15) is 67.2 Å². The molecule has 0 fully saturated rings. The van der Waals surface area contributed by atoms with Gasteiger partial charge in [0.2, 0.25) is 0 Å².